The lowest BCUT2D eigenvalue weighted by Crippen LogP contribution is -2.37. The standard InChI is InChI=1S/C26H26N4O4S/c31-25(16-5-7-32-14-16)30-12-17-9-29(10-18(17)13-30)11-19-15-33-22-8-20(3-4-21(19)22)34-26-28-24-23(35-26)2-1-6-27-24/h1-4,6,8,15-18H,5,7,9-14H2. The number of aromatic nitrogens is 2. The van der Waals surface area contributed by atoms with Gasteiger partial charge in [0.05, 0.1) is 23.5 Å². The molecule has 1 amide bonds. The average molecular weight is 491 g/mol. The molecule has 0 bridgehead atoms. The van der Waals surface area contributed by atoms with Crippen LogP contribution in [0.15, 0.2) is 47.2 Å². The molecule has 3 fully saturated rings. The van der Waals surface area contributed by atoms with Gasteiger partial charge in [-0.05, 0) is 42.5 Å². The van der Waals surface area contributed by atoms with Crippen LogP contribution in [0, 0.1) is 17.8 Å². The second kappa shape index (κ2) is 8.58. The molecule has 8 nitrogen and oxygen atoms in total. The van der Waals surface area contributed by atoms with Gasteiger partial charge in [0.15, 0.2) is 5.65 Å². The number of amides is 1. The number of rotatable bonds is 5. The van der Waals surface area contributed by atoms with E-state index in [-0.39, 0.29) is 5.92 Å². The van der Waals surface area contributed by atoms with E-state index in [1.165, 1.54) is 16.9 Å². The van der Waals surface area contributed by atoms with Gasteiger partial charge in [-0.1, -0.05) is 11.3 Å². The van der Waals surface area contributed by atoms with Crippen molar-refractivity contribution < 1.29 is 18.7 Å². The molecule has 7 rings (SSSR count). The average Bonchev–Trinajstić information content (AvgIpc) is 3.66. The molecule has 4 aromatic rings. The lowest BCUT2D eigenvalue weighted by Gasteiger charge is -2.23. The Balaban J connectivity index is 0.998. The van der Waals surface area contributed by atoms with E-state index in [4.69, 9.17) is 13.9 Å². The van der Waals surface area contributed by atoms with Crippen LogP contribution < -0.4 is 4.74 Å². The SMILES string of the molecule is O=C(C1CCOC1)N1CC2CN(Cc3coc4cc(Oc5nc6ncccc6s5)ccc34)CC2C1. The maximum Gasteiger partial charge on any atom is 0.281 e. The Morgan fingerprint density at radius 1 is 1.17 bits per heavy atom. The summed E-state index contributed by atoms with van der Waals surface area (Å²) >= 11 is 1.48. The van der Waals surface area contributed by atoms with Gasteiger partial charge in [0, 0.05) is 62.5 Å². The van der Waals surface area contributed by atoms with Crippen molar-refractivity contribution in [2.45, 2.75) is 13.0 Å². The molecule has 0 saturated carbocycles. The van der Waals surface area contributed by atoms with Crippen LogP contribution in [0.5, 0.6) is 10.9 Å². The van der Waals surface area contributed by atoms with Gasteiger partial charge in [-0.3, -0.25) is 9.69 Å². The van der Waals surface area contributed by atoms with Crippen molar-refractivity contribution in [3.8, 4) is 10.9 Å². The summed E-state index contributed by atoms with van der Waals surface area (Å²) in [6.07, 6.45) is 4.46. The van der Waals surface area contributed by atoms with Crippen molar-refractivity contribution >= 4 is 38.6 Å². The van der Waals surface area contributed by atoms with Crippen molar-refractivity contribution in [3.63, 3.8) is 0 Å². The molecule has 3 aliphatic heterocycles. The first-order valence-electron chi connectivity index (χ1n) is 12.2. The maximum absolute atomic E-state index is 12.8. The van der Waals surface area contributed by atoms with Crippen molar-refractivity contribution in [2.75, 3.05) is 39.4 Å². The molecule has 3 aliphatic rings. The van der Waals surface area contributed by atoms with E-state index < -0.39 is 0 Å². The number of furan rings is 1. The Morgan fingerprint density at radius 3 is 2.86 bits per heavy atom. The first-order chi connectivity index (χ1) is 17.2. The highest BCUT2D eigenvalue weighted by molar-refractivity contribution is 7.20. The van der Waals surface area contributed by atoms with Crippen LogP contribution in [-0.4, -0.2) is 65.1 Å². The molecule has 180 valence electrons. The van der Waals surface area contributed by atoms with Crippen LogP contribution in [0.4, 0.5) is 0 Å². The van der Waals surface area contributed by atoms with E-state index in [0.29, 0.717) is 40.9 Å². The summed E-state index contributed by atoms with van der Waals surface area (Å²) in [5.74, 6) is 2.18. The second-order valence-corrected chi connectivity index (χ2v) is 10.8. The predicted molar refractivity (Wildman–Crippen MR) is 131 cm³/mol. The van der Waals surface area contributed by atoms with E-state index in [2.05, 4.69) is 25.8 Å². The third-order valence-corrected chi connectivity index (χ3v) is 8.41. The molecule has 0 N–H and O–H groups in total. The van der Waals surface area contributed by atoms with Crippen LogP contribution in [0.2, 0.25) is 0 Å². The van der Waals surface area contributed by atoms with Crippen LogP contribution in [-0.2, 0) is 16.1 Å². The van der Waals surface area contributed by atoms with Gasteiger partial charge in [-0.2, -0.15) is 4.98 Å². The van der Waals surface area contributed by atoms with Gasteiger partial charge in [0.1, 0.15) is 11.3 Å². The molecule has 3 aromatic heterocycles. The zero-order chi connectivity index (χ0) is 23.4. The normalized spacial score (nSPS) is 24.6. The number of fused-ring (bicyclic) bond motifs is 3. The van der Waals surface area contributed by atoms with Crippen LogP contribution in [0.25, 0.3) is 21.3 Å². The number of hydrogen-bond donors (Lipinski definition) is 0. The van der Waals surface area contributed by atoms with Gasteiger partial charge in [-0.25, -0.2) is 4.98 Å². The molecule has 9 heteroatoms. The predicted octanol–water partition coefficient (Wildman–Crippen LogP) is 4.16. The number of ether oxygens (including phenoxy) is 2. The number of benzene rings is 1. The summed E-state index contributed by atoms with van der Waals surface area (Å²) in [4.78, 5) is 26.1. The van der Waals surface area contributed by atoms with Crippen molar-refractivity contribution in [2.24, 2.45) is 17.8 Å². The van der Waals surface area contributed by atoms with E-state index in [0.717, 1.165) is 61.4 Å². The summed E-state index contributed by atoms with van der Waals surface area (Å²) in [6, 6.07) is 9.84. The number of carbonyl (C=O) groups is 1. The highest BCUT2D eigenvalue weighted by Crippen LogP contribution is 2.36. The molecule has 0 spiro atoms. The van der Waals surface area contributed by atoms with Gasteiger partial charge in [0.25, 0.3) is 5.19 Å². The smallest absolute Gasteiger partial charge is 0.281 e. The van der Waals surface area contributed by atoms with E-state index >= 15 is 0 Å². The molecule has 0 aliphatic carbocycles. The highest BCUT2D eigenvalue weighted by atomic mass is 32.1. The van der Waals surface area contributed by atoms with Crippen LogP contribution in [0.3, 0.4) is 0 Å². The molecule has 1 aromatic carbocycles. The Morgan fingerprint density at radius 2 is 2.06 bits per heavy atom. The lowest BCUT2D eigenvalue weighted by molar-refractivity contribution is -0.134. The summed E-state index contributed by atoms with van der Waals surface area (Å²) in [5.41, 5.74) is 2.70. The fourth-order valence-corrected chi connectivity index (χ4v) is 6.57. The van der Waals surface area contributed by atoms with Crippen molar-refractivity contribution in [1.82, 2.24) is 19.8 Å². The first-order valence-corrected chi connectivity index (χ1v) is 13.0. The Kier molecular flexibility index (Phi) is 5.22. The second-order valence-electron chi connectivity index (χ2n) is 9.84. The fraction of sp³-hybridized carbons (Fsp3) is 0.423. The summed E-state index contributed by atoms with van der Waals surface area (Å²) < 4.78 is 18.3. The van der Waals surface area contributed by atoms with Crippen molar-refractivity contribution in [1.29, 1.82) is 0 Å². The van der Waals surface area contributed by atoms with Gasteiger partial charge in [-0.15, -0.1) is 0 Å². The van der Waals surface area contributed by atoms with E-state index in [1.54, 1.807) is 6.20 Å². The molecule has 3 unspecified atom stereocenters. The zero-order valence-corrected chi connectivity index (χ0v) is 20.1. The fourth-order valence-electron chi connectivity index (χ4n) is 5.77. The third-order valence-electron chi connectivity index (χ3n) is 7.52. The first kappa shape index (κ1) is 21.3. The molecular formula is C26H26N4O4S. The number of likely N-dealkylation sites (tertiary alicyclic amines) is 2. The molecule has 0 radical (unpaired) electrons. The Hall–Kier alpha value is -3.01. The summed E-state index contributed by atoms with van der Waals surface area (Å²) in [5, 5.41) is 1.68. The molecular weight excluding hydrogens is 464 g/mol. The number of thiazole rings is 1. The number of pyridine rings is 1. The monoisotopic (exact) mass is 490 g/mol. The van der Waals surface area contributed by atoms with Gasteiger partial charge >= 0.3 is 0 Å². The molecule has 35 heavy (non-hydrogen) atoms. The Labute approximate surface area is 206 Å². The quantitative estimate of drug-likeness (QED) is 0.416. The van der Waals surface area contributed by atoms with Gasteiger partial charge < -0.3 is 18.8 Å². The Bertz CT molecular complexity index is 1350. The summed E-state index contributed by atoms with van der Waals surface area (Å²) in [7, 11) is 0. The van der Waals surface area contributed by atoms with Crippen LogP contribution in [0.1, 0.15) is 12.0 Å². The largest absolute Gasteiger partial charge is 0.464 e. The summed E-state index contributed by atoms with van der Waals surface area (Å²) in [6.45, 7) is 5.97. The minimum Gasteiger partial charge on any atom is -0.464 e. The number of nitrogens with zero attached hydrogens (tertiary/aromatic N) is 4. The minimum atomic E-state index is 0.0717. The maximum atomic E-state index is 12.8. The highest BCUT2D eigenvalue weighted by Gasteiger charge is 2.43. The van der Waals surface area contributed by atoms with Crippen molar-refractivity contribution in [3.05, 3.63) is 48.4 Å². The topological polar surface area (TPSA) is 80.9 Å². The number of carbonyl (C=O) groups excluding carboxylic acids is 1. The van der Waals surface area contributed by atoms with Crippen LogP contribution >= 0.6 is 11.3 Å². The van der Waals surface area contributed by atoms with Gasteiger partial charge in [0.2, 0.25) is 5.91 Å². The van der Waals surface area contributed by atoms with E-state index in [9.17, 15) is 4.79 Å². The minimum absolute atomic E-state index is 0.0717. The number of hydrogen-bond acceptors (Lipinski definition) is 8. The molecule has 3 saturated heterocycles. The van der Waals surface area contributed by atoms with E-state index in [1.807, 2.05) is 30.5 Å². The molecule has 3 atom stereocenters. The third kappa shape index (κ3) is 3.97. The molecule has 6 heterocycles. The zero-order valence-electron chi connectivity index (χ0n) is 19.3. The lowest BCUT2D eigenvalue weighted by atomic mass is 10.0.